The average molecular weight is 690 g/mol. The van der Waals surface area contributed by atoms with Gasteiger partial charge < -0.3 is 26.2 Å². The molecule has 2 aromatic heterocycles. The number of rotatable bonds is 11. The molecule has 50 heavy (non-hydrogen) atoms. The molecule has 0 radical (unpaired) electrons. The molecule has 1 unspecified atom stereocenters. The summed E-state index contributed by atoms with van der Waals surface area (Å²) < 4.78 is 60.4. The first-order valence-corrected chi connectivity index (χ1v) is 14.9. The first kappa shape index (κ1) is 33.7. The zero-order chi connectivity index (χ0) is 35.6. The van der Waals surface area contributed by atoms with Crippen LogP contribution in [-0.4, -0.2) is 68.5 Å². The largest absolute Gasteiger partial charge is 0.495 e. The molecule has 3 aromatic carbocycles. The van der Waals surface area contributed by atoms with Crippen LogP contribution in [0.3, 0.4) is 0 Å². The van der Waals surface area contributed by atoms with Gasteiger partial charge in [0.05, 0.1) is 41.0 Å². The zero-order valence-corrected chi connectivity index (χ0v) is 26.0. The van der Waals surface area contributed by atoms with Crippen LogP contribution in [0.4, 0.5) is 29.1 Å². The van der Waals surface area contributed by atoms with E-state index in [1.54, 1.807) is 35.2 Å². The Morgan fingerprint density at radius 3 is 2.52 bits per heavy atom. The molecule has 1 aliphatic heterocycles. The van der Waals surface area contributed by atoms with Gasteiger partial charge in [0.25, 0.3) is 5.91 Å². The Bertz CT molecular complexity index is 2140. The summed E-state index contributed by atoms with van der Waals surface area (Å²) in [5.41, 5.74) is 7.26. The number of hydrogen-bond donors (Lipinski definition) is 4. The predicted molar refractivity (Wildman–Crippen MR) is 176 cm³/mol. The van der Waals surface area contributed by atoms with Gasteiger partial charge in [-0.25, -0.2) is 24.0 Å². The Balaban J connectivity index is 1.25. The molecule has 13 nitrogen and oxygen atoms in total. The Hall–Kier alpha value is -6.23. The fraction of sp³-hybridized carbons (Fsp3) is 0.182. The summed E-state index contributed by atoms with van der Waals surface area (Å²) in [6.07, 6.45) is -0.219. The van der Waals surface area contributed by atoms with E-state index in [2.05, 4.69) is 30.6 Å². The number of fused-ring (bicyclic) bond motifs is 1. The molecule has 5 N–H and O–H groups in total. The number of hydrogen-bond acceptors (Lipinski definition) is 10. The minimum absolute atomic E-state index is 0.118. The average Bonchev–Trinajstić information content (AvgIpc) is 3.75. The molecule has 1 amide bonds. The normalized spacial score (nSPS) is 14.6. The summed E-state index contributed by atoms with van der Waals surface area (Å²) in [7, 11) is 1.34. The topological polar surface area (TPSA) is 182 Å². The third-order valence-corrected chi connectivity index (χ3v) is 7.85. The molecular weight excluding hydrogens is 662 g/mol. The van der Waals surface area contributed by atoms with Gasteiger partial charge in [-0.3, -0.25) is 14.6 Å². The number of aliphatic carboxylic acids is 1. The molecule has 5 aromatic rings. The van der Waals surface area contributed by atoms with E-state index in [4.69, 9.17) is 15.6 Å². The Labute approximate surface area is 280 Å². The maximum Gasteiger partial charge on any atom is 0.416 e. The van der Waals surface area contributed by atoms with Gasteiger partial charge in [-0.2, -0.15) is 18.3 Å². The van der Waals surface area contributed by atoms with Crippen molar-refractivity contribution in [3.8, 4) is 22.7 Å². The summed E-state index contributed by atoms with van der Waals surface area (Å²) in [4.78, 5) is 41.1. The van der Waals surface area contributed by atoms with E-state index >= 15 is 0 Å². The monoisotopic (exact) mass is 689 g/mol. The van der Waals surface area contributed by atoms with E-state index in [1.807, 2.05) is 12.1 Å². The van der Waals surface area contributed by atoms with Crippen LogP contribution in [0.5, 0.6) is 5.75 Å². The van der Waals surface area contributed by atoms with Crippen LogP contribution < -0.4 is 21.1 Å². The third-order valence-electron chi connectivity index (χ3n) is 7.85. The third kappa shape index (κ3) is 6.98. The number of alkyl halides is 3. The summed E-state index contributed by atoms with van der Waals surface area (Å²) in [5.74, 6) is -3.03. The molecule has 3 heterocycles. The van der Waals surface area contributed by atoms with Crippen LogP contribution in [0.25, 0.3) is 28.0 Å². The molecule has 1 aliphatic rings. The fourth-order valence-electron chi connectivity index (χ4n) is 5.29. The van der Waals surface area contributed by atoms with Crippen molar-refractivity contribution < 1.29 is 37.0 Å². The minimum Gasteiger partial charge on any atom is -0.495 e. The van der Waals surface area contributed by atoms with Gasteiger partial charge in [0.15, 0.2) is 5.65 Å². The number of ether oxygens (including phenoxy) is 1. The number of nitrogens with one attached hydrogen (secondary N) is 2. The highest BCUT2D eigenvalue weighted by molar-refractivity contribution is 6.06. The molecule has 0 saturated carbocycles. The minimum atomic E-state index is -4.77. The lowest BCUT2D eigenvalue weighted by atomic mass is 10.1. The number of carbonyl (C=O) groups is 2. The van der Waals surface area contributed by atoms with Crippen molar-refractivity contribution >= 4 is 47.0 Å². The first-order chi connectivity index (χ1) is 23.9. The number of halogens is 4. The lowest BCUT2D eigenvalue weighted by molar-refractivity contribution is -0.140. The fourth-order valence-corrected chi connectivity index (χ4v) is 5.29. The van der Waals surface area contributed by atoms with Crippen LogP contribution in [-0.2, 0) is 17.5 Å². The standard InChI is InChI=1S/C33H27F4N9O4/c1-50-26-10-18(4-9-24(26)44-31(47)22-8-5-19(11-23(22)34)33(35,36)37)28-27-29(38)42-16-43-30(27)46(45-28)21-6-2-17(3-7-21)13-40-25(32(48)49)12-20-14-39-15-41-20/h2-11,14-16,20,25,40H,12-13H2,1H3,(H,44,47)(H,48,49)(H2,38,42,43)/t20?,25-/m0/s1. The molecule has 0 aliphatic carbocycles. The van der Waals surface area contributed by atoms with E-state index < -0.39 is 41.0 Å². The van der Waals surface area contributed by atoms with E-state index in [-0.39, 0.29) is 42.3 Å². The number of carboxylic acids is 1. The van der Waals surface area contributed by atoms with Crippen molar-refractivity contribution in [1.82, 2.24) is 25.1 Å². The predicted octanol–water partition coefficient (Wildman–Crippen LogP) is 4.90. The number of aliphatic imine (C=N–C) groups is 2. The van der Waals surface area contributed by atoms with Gasteiger partial charge in [-0.05, 0) is 48.0 Å². The maximum absolute atomic E-state index is 14.5. The van der Waals surface area contributed by atoms with Crippen LogP contribution in [0.1, 0.15) is 27.9 Å². The zero-order valence-electron chi connectivity index (χ0n) is 26.0. The van der Waals surface area contributed by atoms with Gasteiger partial charge in [0, 0.05) is 24.7 Å². The molecule has 6 rings (SSSR count). The smallest absolute Gasteiger partial charge is 0.416 e. The Morgan fingerprint density at radius 2 is 1.86 bits per heavy atom. The van der Waals surface area contributed by atoms with E-state index in [0.29, 0.717) is 34.0 Å². The van der Waals surface area contributed by atoms with Crippen LogP contribution >= 0.6 is 0 Å². The second-order valence-corrected chi connectivity index (χ2v) is 11.1. The highest BCUT2D eigenvalue weighted by Crippen LogP contribution is 2.36. The highest BCUT2D eigenvalue weighted by Gasteiger charge is 2.32. The van der Waals surface area contributed by atoms with Gasteiger partial charge >= 0.3 is 12.1 Å². The van der Waals surface area contributed by atoms with Crippen molar-refractivity contribution in [2.45, 2.75) is 31.2 Å². The van der Waals surface area contributed by atoms with Crippen LogP contribution in [0.15, 0.2) is 77.0 Å². The molecular formula is C33H27F4N9O4. The van der Waals surface area contributed by atoms with Gasteiger partial charge in [0.1, 0.15) is 41.8 Å². The van der Waals surface area contributed by atoms with Crippen molar-refractivity contribution in [1.29, 1.82) is 0 Å². The number of benzene rings is 3. The van der Waals surface area contributed by atoms with Gasteiger partial charge in [-0.15, -0.1) is 0 Å². The SMILES string of the molecule is COc1cc(-c2nn(-c3ccc(CN[C@@H](CC4C=NC=N4)C(=O)O)cc3)c3ncnc(N)c23)ccc1NC(=O)c1ccc(C(F)(F)F)cc1F. The highest BCUT2D eigenvalue weighted by atomic mass is 19.4. The summed E-state index contributed by atoms with van der Waals surface area (Å²) >= 11 is 0. The number of nitrogen functional groups attached to an aromatic ring is 1. The number of methoxy groups -OCH3 is 1. The van der Waals surface area contributed by atoms with E-state index in [0.717, 1.165) is 11.6 Å². The van der Waals surface area contributed by atoms with Gasteiger partial charge in [-0.1, -0.05) is 18.2 Å². The second-order valence-electron chi connectivity index (χ2n) is 11.1. The van der Waals surface area contributed by atoms with E-state index in [9.17, 15) is 32.3 Å². The van der Waals surface area contributed by atoms with Gasteiger partial charge in [0.2, 0.25) is 0 Å². The van der Waals surface area contributed by atoms with Crippen LogP contribution in [0, 0.1) is 5.82 Å². The second kappa shape index (κ2) is 13.7. The Morgan fingerprint density at radius 1 is 1.08 bits per heavy atom. The molecule has 0 fully saturated rings. The molecule has 2 atom stereocenters. The number of carbonyl (C=O) groups excluding carboxylic acids is 1. The van der Waals surface area contributed by atoms with Crippen molar-refractivity contribution in [2.24, 2.45) is 9.98 Å². The van der Waals surface area contributed by atoms with Crippen molar-refractivity contribution in [3.63, 3.8) is 0 Å². The number of amides is 1. The van der Waals surface area contributed by atoms with E-state index in [1.165, 1.54) is 25.8 Å². The first-order valence-electron chi connectivity index (χ1n) is 14.9. The Kier molecular flexibility index (Phi) is 9.23. The van der Waals surface area contributed by atoms with Crippen molar-refractivity contribution in [3.05, 3.63) is 89.5 Å². The molecule has 256 valence electrons. The molecule has 17 heteroatoms. The molecule has 0 saturated heterocycles. The lowest BCUT2D eigenvalue weighted by Gasteiger charge is -2.16. The number of carboxylic acid groups (broad SMARTS) is 1. The number of nitrogens with zero attached hydrogens (tertiary/aromatic N) is 6. The number of nitrogens with two attached hydrogens (primary N) is 1. The van der Waals surface area contributed by atoms with Crippen LogP contribution in [0.2, 0.25) is 0 Å². The summed E-state index contributed by atoms with van der Waals surface area (Å²) in [6, 6.07) is 12.3. The number of aromatic nitrogens is 4. The van der Waals surface area contributed by atoms with Crippen molar-refractivity contribution in [2.75, 3.05) is 18.2 Å². The molecule has 0 bridgehead atoms. The maximum atomic E-state index is 14.5. The lowest BCUT2D eigenvalue weighted by Crippen LogP contribution is -2.38. The summed E-state index contributed by atoms with van der Waals surface area (Å²) in [5, 5.41) is 20.3. The summed E-state index contributed by atoms with van der Waals surface area (Å²) in [6.45, 7) is 0.277. The molecule has 0 spiro atoms. The number of anilines is 2. The quantitative estimate of drug-likeness (QED) is 0.140.